The van der Waals surface area contributed by atoms with Crippen LogP contribution in [0.3, 0.4) is 0 Å². The van der Waals surface area contributed by atoms with Crippen LogP contribution in [0.25, 0.3) is 16.9 Å². The minimum absolute atomic E-state index is 0.162. The molecule has 2 heterocycles. The van der Waals surface area contributed by atoms with Crippen LogP contribution in [-0.4, -0.2) is 34.9 Å². The third-order valence-corrected chi connectivity index (χ3v) is 5.09. The quantitative estimate of drug-likeness (QED) is 0.496. The first kappa shape index (κ1) is 19.6. The van der Waals surface area contributed by atoms with E-state index in [-0.39, 0.29) is 17.4 Å². The van der Waals surface area contributed by atoms with Crippen molar-refractivity contribution in [2.75, 3.05) is 19.5 Å². The third-order valence-electron chi connectivity index (χ3n) is 4.33. The van der Waals surface area contributed by atoms with Gasteiger partial charge in [0, 0.05) is 17.1 Å². The Hall–Kier alpha value is -3.72. The van der Waals surface area contributed by atoms with Crippen LogP contribution in [0, 0.1) is 5.82 Å². The molecule has 0 radical (unpaired) electrons. The molecule has 0 saturated heterocycles. The lowest BCUT2D eigenvalue weighted by atomic mass is 10.1. The first-order chi connectivity index (χ1) is 14.6. The van der Waals surface area contributed by atoms with Gasteiger partial charge in [-0.25, -0.2) is 14.1 Å². The van der Waals surface area contributed by atoms with Crippen LogP contribution in [-0.2, 0) is 0 Å². The molecule has 0 atom stereocenters. The van der Waals surface area contributed by atoms with E-state index in [2.05, 4.69) is 15.4 Å². The van der Waals surface area contributed by atoms with Crippen LogP contribution in [0.2, 0.25) is 0 Å². The van der Waals surface area contributed by atoms with E-state index in [0.29, 0.717) is 16.4 Å². The van der Waals surface area contributed by atoms with Crippen molar-refractivity contribution in [2.24, 2.45) is 0 Å². The Bertz CT molecular complexity index is 1190. The smallest absolute Gasteiger partial charge is 0.277 e. The summed E-state index contributed by atoms with van der Waals surface area (Å²) >= 11 is 1.25. The van der Waals surface area contributed by atoms with Crippen molar-refractivity contribution in [2.45, 2.75) is 0 Å². The predicted octanol–water partition coefficient (Wildman–Crippen LogP) is 4.40. The van der Waals surface area contributed by atoms with E-state index in [4.69, 9.17) is 9.47 Å². The van der Waals surface area contributed by atoms with Crippen molar-refractivity contribution in [3.63, 3.8) is 0 Å². The molecule has 0 unspecified atom stereocenters. The van der Waals surface area contributed by atoms with Crippen LogP contribution < -0.4 is 14.8 Å². The van der Waals surface area contributed by atoms with Crippen LogP contribution >= 0.6 is 11.3 Å². The van der Waals surface area contributed by atoms with Gasteiger partial charge in [-0.15, -0.1) is 11.3 Å². The molecule has 0 bridgehead atoms. The molecule has 0 aliphatic carbocycles. The maximum absolute atomic E-state index is 13.9. The fourth-order valence-electron chi connectivity index (χ4n) is 2.77. The summed E-state index contributed by atoms with van der Waals surface area (Å²) in [6.07, 6.45) is 1.70. The minimum Gasteiger partial charge on any atom is -0.497 e. The number of carbonyl (C=O) groups excluding carboxylic acids is 1. The Balaban J connectivity index is 1.47. The lowest BCUT2D eigenvalue weighted by Crippen LogP contribution is -2.13. The zero-order valence-electron chi connectivity index (χ0n) is 16.1. The summed E-state index contributed by atoms with van der Waals surface area (Å²) in [7, 11) is 3.01. The molecule has 9 heteroatoms. The highest BCUT2D eigenvalue weighted by Gasteiger charge is 2.14. The van der Waals surface area contributed by atoms with Gasteiger partial charge in [0.1, 0.15) is 5.75 Å². The maximum Gasteiger partial charge on any atom is 0.277 e. The number of ether oxygens (including phenoxy) is 2. The fourth-order valence-corrected chi connectivity index (χ4v) is 3.49. The number of nitrogens with zero attached hydrogens (tertiary/aromatic N) is 3. The normalized spacial score (nSPS) is 10.6. The second-order valence-corrected chi connectivity index (χ2v) is 7.04. The highest BCUT2D eigenvalue weighted by molar-refractivity contribution is 7.14. The number of carbonyl (C=O) groups is 1. The summed E-state index contributed by atoms with van der Waals surface area (Å²) in [5, 5.41) is 9.16. The summed E-state index contributed by atoms with van der Waals surface area (Å²) in [4.78, 5) is 16.9. The Labute approximate surface area is 175 Å². The number of hydrogen-bond acceptors (Lipinski definition) is 6. The average Bonchev–Trinajstić information content (AvgIpc) is 3.44. The van der Waals surface area contributed by atoms with E-state index in [9.17, 15) is 9.18 Å². The van der Waals surface area contributed by atoms with Crippen molar-refractivity contribution in [3.8, 4) is 28.4 Å². The molecular formula is C21H17FN4O3S. The van der Waals surface area contributed by atoms with Gasteiger partial charge in [-0.05, 0) is 48.5 Å². The molecule has 0 fully saturated rings. The summed E-state index contributed by atoms with van der Waals surface area (Å²) in [6.45, 7) is 0. The lowest BCUT2D eigenvalue weighted by molar-refractivity contribution is 0.102. The third kappa shape index (κ3) is 4.01. The number of hydrogen-bond donors (Lipinski definition) is 1. The first-order valence-electron chi connectivity index (χ1n) is 8.88. The predicted molar refractivity (Wildman–Crippen MR) is 112 cm³/mol. The first-order valence-corrected chi connectivity index (χ1v) is 9.76. The number of rotatable bonds is 6. The summed E-state index contributed by atoms with van der Waals surface area (Å²) in [5.74, 6) is 0.0388. The molecule has 7 nitrogen and oxygen atoms in total. The number of anilines is 1. The summed E-state index contributed by atoms with van der Waals surface area (Å²) in [5.41, 5.74) is 2.19. The van der Waals surface area contributed by atoms with Gasteiger partial charge in [-0.1, -0.05) is 0 Å². The molecule has 0 spiro atoms. The van der Waals surface area contributed by atoms with Gasteiger partial charge in [0.15, 0.2) is 22.4 Å². The number of methoxy groups -OCH3 is 2. The molecule has 0 aliphatic rings. The lowest BCUT2D eigenvalue weighted by Gasteiger charge is -2.03. The van der Waals surface area contributed by atoms with Crippen LogP contribution in [0.15, 0.2) is 60.1 Å². The van der Waals surface area contributed by atoms with E-state index >= 15 is 0 Å². The van der Waals surface area contributed by atoms with Crippen molar-refractivity contribution >= 4 is 22.4 Å². The molecule has 2 aromatic heterocycles. The molecule has 0 saturated carbocycles. The maximum atomic E-state index is 13.9. The van der Waals surface area contributed by atoms with Crippen molar-refractivity contribution in [1.82, 2.24) is 14.8 Å². The number of aromatic nitrogens is 3. The van der Waals surface area contributed by atoms with Gasteiger partial charge in [0.05, 0.1) is 25.6 Å². The molecule has 30 heavy (non-hydrogen) atoms. The zero-order chi connectivity index (χ0) is 21.1. The van der Waals surface area contributed by atoms with Gasteiger partial charge in [-0.3, -0.25) is 10.1 Å². The van der Waals surface area contributed by atoms with E-state index in [0.717, 1.165) is 11.4 Å². The Morgan fingerprint density at radius 2 is 1.90 bits per heavy atom. The van der Waals surface area contributed by atoms with Gasteiger partial charge in [0.2, 0.25) is 0 Å². The van der Waals surface area contributed by atoms with Crippen molar-refractivity contribution in [3.05, 3.63) is 71.6 Å². The monoisotopic (exact) mass is 424 g/mol. The van der Waals surface area contributed by atoms with Crippen LogP contribution in [0.4, 0.5) is 9.52 Å². The highest BCUT2D eigenvalue weighted by Crippen LogP contribution is 2.28. The SMILES string of the molecule is COc1ccc(-n2ccc(C(=O)Nc3nc(-c4ccc(OC)c(F)c4)cs3)n2)cc1. The largest absolute Gasteiger partial charge is 0.497 e. The average molecular weight is 424 g/mol. The van der Waals surface area contributed by atoms with E-state index in [1.807, 2.05) is 24.3 Å². The van der Waals surface area contributed by atoms with E-state index in [1.54, 1.807) is 35.5 Å². The van der Waals surface area contributed by atoms with E-state index < -0.39 is 5.82 Å². The standard InChI is InChI=1S/C21H17FN4O3S/c1-28-15-6-4-14(5-7-15)26-10-9-17(25-26)20(27)24-21-23-18(12-30-21)13-3-8-19(29-2)16(22)11-13/h3-12H,1-2H3,(H,23,24,27). The molecule has 4 rings (SSSR count). The molecular weight excluding hydrogens is 407 g/mol. The fraction of sp³-hybridized carbons (Fsp3) is 0.0952. The van der Waals surface area contributed by atoms with Gasteiger partial charge in [0.25, 0.3) is 5.91 Å². The number of thiazole rings is 1. The van der Waals surface area contributed by atoms with Gasteiger partial charge >= 0.3 is 0 Å². The minimum atomic E-state index is -0.474. The molecule has 1 amide bonds. The van der Waals surface area contributed by atoms with Crippen molar-refractivity contribution < 1.29 is 18.7 Å². The zero-order valence-corrected chi connectivity index (χ0v) is 16.9. The Morgan fingerprint density at radius 3 is 2.60 bits per heavy atom. The second-order valence-electron chi connectivity index (χ2n) is 6.18. The highest BCUT2D eigenvalue weighted by atomic mass is 32.1. The number of benzene rings is 2. The Morgan fingerprint density at radius 1 is 1.10 bits per heavy atom. The topological polar surface area (TPSA) is 78.3 Å². The number of amides is 1. The summed E-state index contributed by atoms with van der Waals surface area (Å²) in [6, 6.07) is 13.5. The van der Waals surface area contributed by atoms with Gasteiger partial charge in [-0.2, -0.15) is 5.10 Å². The molecule has 0 aliphatic heterocycles. The number of halogens is 1. The number of nitrogens with one attached hydrogen (secondary N) is 1. The van der Waals surface area contributed by atoms with Gasteiger partial charge < -0.3 is 9.47 Å². The second kappa shape index (κ2) is 8.34. The van der Waals surface area contributed by atoms with Crippen LogP contribution in [0.5, 0.6) is 11.5 Å². The molecule has 4 aromatic rings. The molecule has 1 N–H and O–H groups in total. The molecule has 152 valence electrons. The molecule has 2 aromatic carbocycles. The summed E-state index contributed by atoms with van der Waals surface area (Å²) < 4.78 is 25.6. The van der Waals surface area contributed by atoms with E-state index in [1.165, 1.54) is 30.6 Å². The Kier molecular flexibility index (Phi) is 5.44. The van der Waals surface area contributed by atoms with Crippen molar-refractivity contribution in [1.29, 1.82) is 0 Å². The van der Waals surface area contributed by atoms with Crippen LogP contribution in [0.1, 0.15) is 10.5 Å².